The van der Waals surface area contributed by atoms with E-state index in [9.17, 15) is 4.79 Å². The molecule has 0 saturated heterocycles. The van der Waals surface area contributed by atoms with Crippen molar-refractivity contribution < 1.29 is 28.1 Å². The van der Waals surface area contributed by atoms with Crippen LogP contribution in [0.15, 0.2) is 0 Å². The zero-order valence-corrected chi connectivity index (χ0v) is 14.0. The molecule has 0 rings (SSSR count). The predicted octanol–water partition coefficient (Wildman–Crippen LogP) is 2.70. The fourth-order valence-electron chi connectivity index (χ4n) is 1.47. The summed E-state index contributed by atoms with van der Waals surface area (Å²) in [6, 6.07) is 0. The highest BCUT2D eigenvalue weighted by Crippen LogP contribution is 2.37. The van der Waals surface area contributed by atoms with Gasteiger partial charge in [-0.05, 0) is 27.7 Å². The van der Waals surface area contributed by atoms with E-state index >= 15 is 0 Å². The molecule has 6 nitrogen and oxygen atoms in total. The van der Waals surface area contributed by atoms with Crippen LogP contribution in [0.1, 0.15) is 34.6 Å². The second kappa shape index (κ2) is 12.5. The quantitative estimate of drug-likeness (QED) is 0.239. The molecule has 7 heteroatoms. The summed E-state index contributed by atoms with van der Waals surface area (Å²) in [5.74, 6) is -0.357. The Hall–Kier alpha value is -0.260. The van der Waals surface area contributed by atoms with E-state index in [1.165, 1.54) is 6.92 Å². The first-order valence-corrected chi connectivity index (χ1v) is 8.29. The molecule has 0 aliphatic carbocycles. The SMILES string of the molecule is CCOP(CCOCC(C)OC(C)OC(C)=O)OCC. The summed E-state index contributed by atoms with van der Waals surface area (Å²) in [7, 11) is -0.855. The molecule has 0 aliphatic rings. The van der Waals surface area contributed by atoms with Crippen LogP contribution in [0.4, 0.5) is 0 Å². The average molecular weight is 310 g/mol. The number of ether oxygens (including phenoxy) is 3. The minimum Gasteiger partial charge on any atom is -0.436 e. The van der Waals surface area contributed by atoms with E-state index < -0.39 is 14.7 Å². The lowest BCUT2D eigenvalue weighted by molar-refractivity contribution is -0.185. The van der Waals surface area contributed by atoms with Crippen molar-refractivity contribution in [1.82, 2.24) is 0 Å². The van der Waals surface area contributed by atoms with E-state index in [4.69, 9.17) is 23.3 Å². The molecule has 0 amide bonds. The number of rotatable bonds is 12. The number of hydrogen-bond acceptors (Lipinski definition) is 6. The van der Waals surface area contributed by atoms with Gasteiger partial charge >= 0.3 is 5.97 Å². The second-order valence-corrected chi connectivity index (χ2v) is 5.72. The Kier molecular flexibility index (Phi) is 12.3. The fourth-order valence-corrected chi connectivity index (χ4v) is 2.66. The molecule has 0 N–H and O–H groups in total. The summed E-state index contributed by atoms with van der Waals surface area (Å²) in [5, 5.41) is 0. The maximum atomic E-state index is 10.7. The lowest BCUT2D eigenvalue weighted by Crippen LogP contribution is -2.25. The Morgan fingerprint density at radius 1 is 1.15 bits per heavy atom. The van der Waals surface area contributed by atoms with Gasteiger partial charge < -0.3 is 23.3 Å². The van der Waals surface area contributed by atoms with E-state index in [1.54, 1.807) is 6.92 Å². The van der Waals surface area contributed by atoms with Crippen molar-refractivity contribution in [3.8, 4) is 0 Å². The maximum Gasteiger partial charge on any atom is 0.304 e. The van der Waals surface area contributed by atoms with Crippen LogP contribution in [0.3, 0.4) is 0 Å². The summed E-state index contributed by atoms with van der Waals surface area (Å²) < 4.78 is 26.8. The van der Waals surface area contributed by atoms with Gasteiger partial charge in [-0.25, -0.2) is 0 Å². The summed E-state index contributed by atoms with van der Waals surface area (Å²) in [6.07, 6.45) is 0.0355. The first-order chi connectivity index (χ1) is 9.49. The molecule has 0 saturated carbocycles. The van der Waals surface area contributed by atoms with E-state index in [0.717, 1.165) is 6.16 Å². The van der Waals surface area contributed by atoms with Crippen LogP contribution in [0.5, 0.6) is 0 Å². The summed E-state index contributed by atoms with van der Waals surface area (Å²) >= 11 is 0. The summed E-state index contributed by atoms with van der Waals surface area (Å²) in [4.78, 5) is 10.7. The van der Waals surface area contributed by atoms with Crippen LogP contribution in [-0.2, 0) is 28.1 Å². The molecule has 0 bridgehead atoms. The average Bonchev–Trinajstić information content (AvgIpc) is 2.33. The highest BCUT2D eigenvalue weighted by Gasteiger charge is 2.12. The molecule has 0 fully saturated rings. The predicted molar refractivity (Wildman–Crippen MR) is 77.6 cm³/mol. The molecule has 20 heavy (non-hydrogen) atoms. The van der Waals surface area contributed by atoms with E-state index in [1.807, 2.05) is 20.8 Å². The van der Waals surface area contributed by atoms with Gasteiger partial charge in [0.1, 0.15) is 0 Å². The van der Waals surface area contributed by atoms with Gasteiger partial charge in [0.25, 0.3) is 0 Å². The van der Waals surface area contributed by atoms with Gasteiger partial charge in [0.05, 0.1) is 32.5 Å². The van der Waals surface area contributed by atoms with Crippen molar-refractivity contribution in [3.63, 3.8) is 0 Å². The zero-order chi connectivity index (χ0) is 15.4. The Bertz CT molecular complexity index is 245. The van der Waals surface area contributed by atoms with Crippen LogP contribution >= 0.6 is 8.38 Å². The van der Waals surface area contributed by atoms with Crippen molar-refractivity contribution in [2.24, 2.45) is 0 Å². The van der Waals surface area contributed by atoms with Crippen molar-refractivity contribution in [1.29, 1.82) is 0 Å². The molecular weight excluding hydrogens is 283 g/mol. The number of esters is 1. The van der Waals surface area contributed by atoms with Gasteiger partial charge in [-0.1, -0.05) is 0 Å². The third-order valence-electron chi connectivity index (χ3n) is 2.07. The molecule has 0 aromatic heterocycles. The first-order valence-electron chi connectivity index (χ1n) is 6.93. The Labute approximate surface area is 123 Å². The summed E-state index contributed by atoms with van der Waals surface area (Å²) in [5.41, 5.74) is 0. The van der Waals surface area contributed by atoms with Gasteiger partial charge in [0.2, 0.25) is 0 Å². The molecule has 0 heterocycles. The molecule has 0 aliphatic heterocycles. The number of hydrogen-bond donors (Lipinski definition) is 0. The lowest BCUT2D eigenvalue weighted by atomic mass is 10.4. The monoisotopic (exact) mass is 310 g/mol. The molecule has 2 atom stereocenters. The van der Waals surface area contributed by atoms with Crippen LogP contribution in [-0.4, -0.2) is 51.0 Å². The highest BCUT2D eigenvalue weighted by molar-refractivity contribution is 7.47. The van der Waals surface area contributed by atoms with Gasteiger partial charge in [0.15, 0.2) is 14.7 Å². The third-order valence-corrected chi connectivity index (χ3v) is 3.71. The van der Waals surface area contributed by atoms with E-state index in [0.29, 0.717) is 26.4 Å². The number of carbonyl (C=O) groups is 1. The zero-order valence-electron chi connectivity index (χ0n) is 13.1. The number of carbonyl (C=O) groups excluding carboxylic acids is 1. The van der Waals surface area contributed by atoms with Gasteiger partial charge in [-0.2, -0.15) is 0 Å². The smallest absolute Gasteiger partial charge is 0.304 e. The van der Waals surface area contributed by atoms with Crippen molar-refractivity contribution in [3.05, 3.63) is 0 Å². The van der Waals surface area contributed by atoms with E-state index in [2.05, 4.69) is 0 Å². The van der Waals surface area contributed by atoms with Crippen molar-refractivity contribution >= 4 is 14.3 Å². The Morgan fingerprint density at radius 3 is 2.25 bits per heavy atom. The molecular formula is C13H27O6P. The summed E-state index contributed by atoms with van der Waals surface area (Å²) in [6.45, 7) is 11.1. The van der Waals surface area contributed by atoms with Crippen LogP contribution in [0.2, 0.25) is 0 Å². The van der Waals surface area contributed by atoms with Crippen molar-refractivity contribution in [2.45, 2.75) is 47.0 Å². The van der Waals surface area contributed by atoms with Gasteiger partial charge in [-0.15, -0.1) is 0 Å². The van der Waals surface area contributed by atoms with Gasteiger partial charge in [0, 0.05) is 13.1 Å². The van der Waals surface area contributed by atoms with Crippen LogP contribution < -0.4 is 0 Å². The topological polar surface area (TPSA) is 63.2 Å². The van der Waals surface area contributed by atoms with Gasteiger partial charge in [-0.3, -0.25) is 4.79 Å². The molecule has 2 unspecified atom stereocenters. The van der Waals surface area contributed by atoms with E-state index in [-0.39, 0.29) is 12.1 Å². The normalized spacial score (nSPS) is 14.3. The second-order valence-electron chi connectivity index (χ2n) is 4.09. The Balaban J connectivity index is 3.68. The largest absolute Gasteiger partial charge is 0.436 e. The van der Waals surface area contributed by atoms with Crippen molar-refractivity contribution in [2.75, 3.05) is 32.6 Å². The van der Waals surface area contributed by atoms with Crippen LogP contribution in [0, 0.1) is 0 Å². The lowest BCUT2D eigenvalue weighted by Gasteiger charge is -2.19. The molecule has 120 valence electrons. The molecule has 0 aromatic rings. The van der Waals surface area contributed by atoms with Crippen LogP contribution in [0.25, 0.3) is 0 Å². The minimum absolute atomic E-state index is 0.144. The molecule has 0 aromatic carbocycles. The fraction of sp³-hybridized carbons (Fsp3) is 0.923. The molecule has 0 spiro atoms. The minimum atomic E-state index is -0.855. The molecule has 0 radical (unpaired) electrons. The first kappa shape index (κ1) is 19.7. The maximum absolute atomic E-state index is 10.7. The highest BCUT2D eigenvalue weighted by atomic mass is 31.2. The Morgan fingerprint density at radius 2 is 1.75 bits per heavy atom. The third kappa shape index (κ3) is 11.6. The standard InChI is InChI=1S/C13H27O6P/c1-6-16-20(17-7-2)9-8-15-10-11(3)18-13(5)19-12(4)14/h11,13H,6-10H2,1-5H3.